The molecule has 1 fully saturated rings. The van der Waals surface area contributed by atoms with E-state index in [2.05, 4.69) is 56.0 Å². The first kappa shape index (κ1) is 19.3. The molecule has 1 amide bonds. The van der Waals surface area contributed by atoms with Crippen LogP contribution in [0.1, 0.15) is 19.7 Å². The fourth-order valence-electron chi connectivity index (χ4n) is 4.13. The van der Waals surface area contributed by atoms with Crippen molar-refractivity contribution in [3.05, 3.63) is 54.4 Å². The molecule has 8 heteroatoms. The van der Waals surface area contributed by atoms with Crippen LogP contribution in [-0.2, 0) is 11.2 Å². The molecular weight excluding hydrogens is 390 g/mol. The molecule has 0 saturated carbocycles. The number of aryl methyl sites for hydroxylation is 1. The number of nitrogens with one attached hydrogen (secondary N) is 1. The van der Waals surface area contributed by atoms with Gasteiger partial charge in [-0.3, -0.25) is 9.20 Å². The van der Waals surface area contributed by atoms with Crippen LogP contribution in [0.5, 0.6) is 0 Å². The molecule has 1 N–H and O–H groups in total. The van der Waals surface area contributed by atoms with Crippen LogP contribution in [0, 0.1) is 0 Å². The van der Waals surface area contributed by atoms with Gasteiger partial charge in [0, 0.05) is 50.9 Å². The lowest BCUT2D eigenvalue weighted by Gasteiger charge is -2.35. The van der Waals surface area contributed by atoms with E-state index in [0.717, 1.165) is 66.5 Å². The predicted octanol–water partition coefficient (Wildman–Crippen LogP) is 3.25. The normalized spacial score (nSPS) is 14.4. The summed E-state index contributed by atoms with van der Waals surface area (Å²) in [4.78, 5) is 20.5. The fourth-order valence-corrected chi connectivity index (χ4v) is 4.13. The molecule has 1 aliphatic heterocycles. The number of carbonyl (C=O) groups excluding carboxylic acids is 1. The molecule has 0 radical (unpaired) electrons. The SMILES string of the molecule is CCc1nnc2c(Nc3ccc(N4CCN(C(C)=O)CC4)cc3)nc3ccccc3n12. The number of aromatic nitrogens is 4. The molecule has 0 unspecified atom stereocenters. The molecule has 158 valence electrons. The van der Waals surface area contributed by atoms with Crippen LogP contribution in [0.25, 0.3) is 16.7 Å². The monoisotopic (exact) mass is 415 g/mol. The molecule has 0 atom stereocenters. The summed E-state index contributed by atoms with van der Waals surface area (Å²) in [6.45, 7) is 6.93. The third-order valence-electron chi connectivity index (χ3n) is 5.83. The maximum absolute atomic E-state index is 11.5. The largest absolute Gasteiger partial charge is 0.368 e. The summed E-state index contributed by atoms with van der Waals surface area (Å²) in [6.07, 6.45) is 0.792. The minimum Gasteiger partial charge on any atom is -0.368 e. The van der Waals surface area contributed by atoms with Crippen molar-refractivity contribution in [1.29, 1.82) is 0 Å². The summed E-state index contributed by atoms with van der Waals surface area (Å²) in [5.74, 6) is 1.75. The smallest absolute Gasteiger partial charge is 0.219 e. The van der Waals surface area contributed by atoms with Gasteiger partial charge in [0.1, 0.15) is 5.82 Å². The van der Waals surface area contributed by atoms with Crippen LogP contribution in [-0.4, -0.2) is 56.6 Å². The standard InChI is InChI=1S/C23H25N7O/c1-3-21-26-27-23-22(25-19-6-4-5-7-20(19)30(21)23)24-17-8-10-18(11-9-17)29-14-12-28(13-15-29)16(2)31/h4-11H,3,12-15H2,1-2H3,(H,24,25). The second-order valence-corrected chi connectivity index (χ2v) is 7.74. The van der Waals surface area contributed by atoms with Gasteiger partial charge in [0.25, 0.3) is 0 Å². The number of hydrogen-bond acceptors (Lipinski definition) is 6. The first-order valence-electron chi connectivity index (χ1n) is 10.6. The van der Waals surface area contributed by atoms with Crippen LogP contribution in [0.2, 0.25) is 0 Å². The Morgan fingerprint density at radius 1 is 1.00 bits per heavy atom. The number of anilines is 3. The molecular formula is C23H25N7O. The Kier molecular flexibility index (Phi) is 4.89. The number of rotatable bonds is 4. The zero-order chi connectivity index (χ0) is 21.4. The Hall–Kier alpha value is -3.68. The van der Waals surface area contributed by atoms with Gasteiger partial charge in [0.2, 0.25) is 11.6 Å². The van der Waals surface area contributed by atoms with Gasteiger partial charge in [-0.05, 0) is 36.4 Å². The third kappa shape index (κ3) is 3.54. The molecule has 1 saturated heterocycles. The van der Waals surface area contributed by atoms with Gasteiger partial charge in [-0.2, -0.15) is 0 Å². The van der Waals surface area contributed by atoms with Crippen LogP contribution < -0.4 is 10.2 Å². The summed E-state index contributed by atoms with van der Waals surface area (Å²) in [5.41, 5.74) is 4.72. The van der Waals surface area contributed by atoms with Crippen LogP contribution in [0.4, 0.5) is 17.2 Å². The van der Waals surface area contributed by atoms with E-state index in [1.54, 1.807) is 6.92 Å². The summed E-state index contributed by atoms with van der Waals surface area (Å²) in [6, 6.07) is 16.4. The maximum Gasteiger partial charge on any atom is 0.219 e. The Morgan fingerprint density at radius 2 is 1.74 bits per heavy atom. The van der Waals surface area contributed by atoms with Crippen molar-refractivity contribution in [3.8, 4) is 0 Å². The van der Waals surface area contributed by atoms with Gasteiger partial charge in [-0.25, -0.2) is 4.98 Å². The topological polar surface area (TPSA) is 78.7 Å². The zero-order valence-electron chi connectivity index (χ0n) is 17.7. The minimum absolute atomic E-state index is 0.146. The Morgan fingerprint density at radius 3 is 2.45 bits per heavy atom. The highest BCUT2D eigenvalue weighted by Crippen LogP contribution is 2.26. The summed E-state index contributed by atoms with van der Waals surface area (Å²) in [5, 5.41) is 12.2. The second-order valence-electron chi connectivity index (χ2n) is 7.74. The number of fused-ring (bicyclic) bond motifs is 3. The van der Waals surface area contributed by atoms with Crippen molar-refractivity contribution < 1.29 is 4.79 Å². The number of hydrogen-bond donors (Lipinski definition) is 1. The number of amides is 1. The molecule has 5 rings (SSSR count). The predicted molar refractivity (Wildman–Crippen MR) is 122 cm³/mol. The van der Waals surface area contributed by atoms with E-state index in [1.807, 2.05) is 29.2 Å². The van der Waals surface area contributed by atoms with Gasteiger partial charge >= 0.3 is 0 Å². The van der Waals surface area contributed by atoms with Crippen molar-refractivity contribution >= 4 is 39.8 Å². The van der Waals surface area contributed by atoms with E-state index in [9.17, 15) is 4.79 Å². The average Bonchev–Trinajstić information content (AvgIpc) is 3.25. The van der Waals surface area contributed by atoms with E-state index in [0.29, 0.717) is 5.82 Å². The molecule has 3 heterocycles. The lowest BCUT2D eigenvalue weighted by molar-refractivity contribution is -0.129. The Bertz CT molecular complexity index is 1240. The Labute approximate surface area is 180 Å². The molecule has 2 aromatic carbocycles. The van der Waals surface area contributed by atoms with Crippen molar-refractivity contribution in [2.75, 3.05) is 36.4 Å². The van der Waals surface area contributed by atoms with E-state index in [-0.39, 0.29) is 5.91 Å². The molecule has 0 aliphatic carbocycles. The second kappa shape index (κ2) is 7.86. The van der Waals surface area contributed by atoms with E-state index >= 15 is 0 Å². The number of benzene rings is 2. The quantitative estimate of drug-likeness (QED) is 0.551. The number of piperazine rings is 1. The van der Waals surface area contributed by atoms with E-state index in [1.165, 1.54) is 0 Å². The number of para-hydroxylation sites is 2. The zero-order valence-corrected chi connectivity index (χ0v) is 17.7. The van der Waals surface area contributed by atoms with Crippen molar-refractivity contribution in [2.24, 2.45) is 0 Å². The van der Waals surface area contributed by atoms with Crippen LogP contribution >= 0.6 is 0 Å². The summed E-state index contributed by atoms with van der Waals surface area (Å²) < 4.78 is 2.08. The van der Waals surface area contributed by atoms with E-state index in [4.69, 9.17) is 4.98 Å². The van der Waals surface area contributed by atoms with E-state index < -0.39 is 0 Å². The maximum atomic E-state index is 11.5. The van der Waals surface area contributed by atoms with Gasteiger partial charge < -0.3 is 15.1 Å². The highest BCUT2D eigenvalue weighted by atomic mass is 16.2. The third-order valence-corrected chi connectivity index (χ3v) is 5.83. The van der Waals surface area contributed by atoms with Crippen LogP contribution in [0.3, 0.4) is 0 Å². The first-order valence-corrected chi connectivity index (χ1v) is 10.6. The number of carbonyl (C=O) groups is 1. The van der Waals surface area contributed by atoms with Gasteiger partial charge in [-0.1, -0.05) is 19.1 Å². The van der Waals surface area contributed by atoms with Gasteiger partial charge in [0.15, 0.2) is 5.82 Å². The highest BCUT2D eigenvalue weighted by Gasteiger charge is 2.19. The fraction of sp³-hybridized carbons (Fsp3) is 0.304. The minimum atomic E-state index is 0.146. The lowest BCUT2D eigenvalue weighted by Crippen LogP contribution is -2.48. The number of nitrogens with zero attached hydrogens (tertiary/aromatic N) is 6. The molecule has 31 heavy (non-hydrogen) atoms. The molecule has 1 aliphatic rings. The summed E-state index contributed by atoms with van der Waals surface area (Å²) >= 11 is 0. The highest BCUT2D eigenvalue weighted by molar-refractivity contribution is 5.84. The van der Waals surface area contributed by atoms with Crippen molar-refractivity contribution in [1.82, 2.24) is 24.5 Å². The molecule has 2 aromatic heterocycles. The van der Waals surface area contributed by atoms with Crippen LogP contribution in [0.15, 0.2) is 48.5 Å². The molecule has 8 nitrogen and oxygen atoms in total. The summed E-state index contributed by atoms with van der Waals surface area (Å²) in [7, 11) is 0. The van der Waals surface area contributed by atoms with Gasteiger partial charge in [0.05, 0.1) is 11.0 Å². The molecule has 0 spiro atoms. The van der Waals surface area contributed by atoms with Crippen molar-refractivity contribution in [3.63, 3.8) is 0 Å². The molecule has 0 bridgehead atoms. The Balaban J connectivity index is 1.41. The van der Waals surface area contributed by atoms with Gasteiger partial charge in [-0.15, -0.1) is 10.2 Å². The lowest BCUT2D eigenvalue weighted by atomic mass is 10.2. The first-order chi connectivity index (χ1) is 15.1. The average molecular weight is 416 g/mol. The van der Waals surface area contributed by atoms with Crippen molar-refractivity contribution in [2.45, 2.75) is 20.3 Å². The molecule has 4 aromatic rings.